The van der Waals surface area contributed by atoms with Crippen LogP contribution in [0.3, 0.4) is 0 Å². The van der Waals surface area contributed by atoms with Gasteiger partial charge in [-0.3, -0.25) is 9.63 Å². The molecule has 1 rings (SSSR count). The van der Waals surface area contributed by atoms with E-state index in [0.717, 1.165) is 10.6 Å². The number of rotatable bonds is 6. The van der Waals surface area contributed by atoms with Crippen LogP contribution < -0.4 is 4.74 Å². The van der Waals surface area contributed by atoms with Crippen molar-refractivity contribution in [2.45, 2.75) is 6.54 Å². The summed E-state index contributed by atoms with van der Waals surface area (Å²) in [6, 6.07) is 6.91. The van der Waals surface area contributed by atoms with E-state index in [-0.39, 0.29) is 6.54 Å². The van der Waals surface area contributed by atoms with Crippen LogP contribution in [0, 0.1) is 0 Å². The minimum Gasteiger partial charge on any atom is -0.502 e. The second-order valence-electron chi connectivity index (χ2n) is 3.74. The molecule has 0 radical (unpaired) electrons. The molecule has 1 aromatic rings. The fourth-order valence-corrected chi connectivity index (χ4v) is 1.38. The number of hydroxylamine groups is 2. The van der Waals surface area contributed by atoms with Gasteiger partial charge in [0.15, 0.2) is 0 Å². The first-order chi connectivity index (χ1) is 9.47. The predicted molar refractivity (Wildman–Crippen MR) is 68.9 cm³/mol. The van der Waals surface area contributed by atoms with E-state index in [4.69, 9.17) is 19.8 Å². The minimum absolute atomic E-state index is 0.0999. The third kappa shape index (κ3) is 4.29. The van der Waals surface area contributed by atoms with E-state index in [1.807, 2.05) is 0 Å². The van der Waals surface area contributed by atoms with Gasteiger partial charge < -0.3 is 14.9 Å². The average molecular weight is 281 g/mol. The summed E-state index contributed by atoms with van der Waals surface area (Å²) in [7, 11) is 2.81. The number of amides is 1. The molecule has 0 saturated carbocycles. The lowest BCUT2D eigenvalue weighted by Crippen LogP contribution is -2.28. The molecule has 7 heteroatoms. The Kier molecular flexibility index (Phi) is 5.55. The molecule has 0 unspecified atom stereocenters. The molecule has 20 heavy (non-hydrogen) atoms. The Hall–Kier alpha value is -2.54. The fourth-order valence-electron chi connectivity index (χ4n) is 1.38. The number of carbonyl (C=O) groups is 2. The maximum Gasteiger partial charge on any atom is 0.371 e. The largest absolute Gasteiger partial charge is 0.502 e. The number of aliphatic carboxylic acids is 1. The van der Waals surface area contributed by atoms with E-state index < -0.39 is 17.6 Å². The molecule has 0 bridgehead atoms. The zero-order chi connectivity index (χ0) is 15.1. The van der Waals surface area contributed by atoms with Crippen molar-refractivity contribution >= 4 is 11.9 Å². The quantitative estimate of drug-likeness (QED) is 0.460. The van der Waals surface area contributed by atoms with Gasteiger partial charge in [-0.15, -0.1) is 0 Å². The van der Waals surface area contributed by atoms with E-state index >= 15 is 0 Å². The zero-order valence-electron chi connectivity index (χ0n) is 11.1. The summed E-state index contributed by atoms with van der Waals surface area (Å²) >= 11 is 0. The van der Waals surface area contributed by atoms with Gasteiger partial charge in [0, 0.05) is 0 Å². The van der Waals surface area contributed by atoms with Crippen molar-refractivity contribution in [3.05, 3.63) is 41.7 Å². The molecule has 0 spiro atoms. The molecule has 108 valence electrons. The maximum atomic E-state index is 11.7. The Morgan fingerprint density at radius 2 is 1.80 bits per heavy atom. The lowest BCUT2D eigenvalue weighted by Gasteiger charge is -2.18. The smallest absolute Gasteiger partial charge is 0.371 e. The predicted octanol–water partition coefficient (Wildman–Crippen LogP) is 1.11. The molecule has 0 aromatic heterocycles. The van der Waals surface area contributed by atoms with Gasteiger partial charge in [0.2, 0.25) is 5.76 Å². The molecule has 0 aliphatic carbocycles. The number of hydrogen-bond acceptors (Lipinski definition) is 5. The number of aliphatic hydroxyl groups is 1. The number of carboxylic acid groups (broad SMARTS) is 1. The van der Waals surface area contributed by atoms with Crippen molar-refractivity contribution < 1.29 is 29.4 Å². The standard InChI is InChI=1S/C13H15NO6/c1-19-10-5-3-9(4-6-10)8-14(20-2)12(16)7-11(15)13(17)18/h3-7,15H,8H2,1-2H3,(H,17,18). The lowest BCUT2D eigenvalue weighted by atomic mass is 10.2. The highest BCUT2D eigenvalue weighted by Gasteiger charge is 2.15. The second kappa shape index (κ2) is 7.15. The highest BCUT2D eigenvalue weighted by Crippen LogP contribution is 2.13. The molecule has 7 nitrogen and oxygen atoms in total. The number of hydrogen-bond donors (Lipinski definition) is 2. The molecule has 0 atom stereocenters. The van der Waals surface area contributed by atoms with Gasteiger partial charge in [-0.1, -0.05) is 12.1 Å². The van der Waals surface area contributed by atoms with Gasteiger partial charge >= 0.3 is 5.97 Å². The first kappa shape index (κ1) is 15.5. The van der Waals surface area contributed by atoms with Gasteiger partial charge in [-0.05, 0) is 17.7 Å². The fraction of sp³-hybridized carbons (Fsp3) is 0.231. The molecule has 1 aromatic carbocycles. The van der Waals surface area contributed by atoms with Gasteiger partial charge in [-0.2, -0.15) is 0 Å². The monoisotopic (exact) mass is 281 g/mol. The Morgan fingerprint density at radius 3 is 2.25 bits per heavy atom. The molecule has 0 aliphatic rings. The van der Waals surface area contributed by atoms with Crippen LogP contribution in [0.1, 0.15) is 5.56 Å². The number of benzene rings is 1. The average Bonchev–Trinajstić information content (AvgIpc) is 2.44. The van der Waals surface area contributed by atoms with Crippen LogP contribution in [0.5, 0.6) is 5.75 Å². The summed E-state index contributed by atoms with van der Waals surface area (Å²) in [6.45, 7) is 0.0999. The highest BCUT2D eigenvalue weighted by molar-refractivity contribution is 5.95. The molecule has 0 saturated heterocycles. The number of carbonyl (C=O) groups excluding carboxylic acids is 1. The molecule has 0 heterocycles. The Balaban J connectivity index is 2.78. The van der Waals surface area contributed by atoms with Crippen LogP contribution in [-0.2, 0) is 21.0 Å². The van der Waals surface area contributed by atoms with Crippen molar-refractivity contribution in [3.63, 3.8) is 0 Å². The highest BCUT2D eigenvalue weighted by atomic mass is 16.7. The first-order valence-corrected chi connectivity index (χ1v) is 5.60. The van der Waals surface area contributed by atoms with Crippen molar-refractivity contribution in [2.75, 3.05) is 14.2 Å². The third-order valence-corrected chi connectivity index (χ3v) is 2.43. The molecule has 1 amide bonds. The molecular weight excluding hydrogens is 266 g/mol. The number of ether oxygens (including phenoxy) is 1. The van der Waals surface area contributed by atoms with E-state index in [9.17, 15) is 9.59 Å². The van der Waals surface area contributed by atoms with Gasteiger partial charge in [0.1, 0.15) is 5.75 Å². The Bertz CT molecular complexity index is 508. The second-order valence-corrected chi connectivity index (χ2v) is 3.74. The van der Waals surface area contributed by atoms with E-state index in [2.05, 4.69) is 0 Å². The van der Waals surface area contributed by atoms with Crippen LogP contribution in [0.4, 0.5) is 0 Å². The normalized spacial score (nSPS) is 11.0. The summed E-state index contributed by atoms with van der Waals surface area (Å²) in [6.07, 6.45) is 0.579. The Morgan fingerprint density at radius 1 is 1.20 bits per heavy atom. The van der Waals surface area contributed by atoms with Crippen LogP contribution in [0.25, 0.3) is 0 Å². The summed E-state index contributed by atoms with van der Waals surface area (Å²) in [5, 5.41) is 18.4. The van der Waals surface area contributed by atoms with Crippen LogP contribution in [-0.4, -0.2) is 41.4 Å². The Labute approximate surface area is 115 Å². The van der Waals surface area contributed by atoms with Gasteiger partial charge in [0.25, 0.3) is 5.91 Å². The van der Waals surface area contributed by atoms with Crippen LogP contribution in [0.15, 0.2) is 36.1 Å². The SMILES string of the molecule is COc1ccc(CN(OC)C(=O)C=C(O)C(=O)O)cc1. The molecule has 2 N–H and O–H groups in total. The van der Waals surface area contributed by atoms with Crippen molar-refractivity contribution in [2.24, 2.45) is 0 Å². The zero-order valence-corrected chi connectivity index (χ0v) is 11.1. The number of carboxylic acids is 1. The van der Waals surface area contributed by atoms with E-state index in [1.165, 1.54) is 7.11 Å². The van der Waals surface area contributed by atoms with Crippen molar-refractivity contribution in [1.82, 2.24) is 5.06 Å². The van der Waals surface area contributed by atoms with Crippen LogP contribution in [0.2, 0.25) is 0 Å². The van der Waals surface area contributed by atoms with Crippen molar-refractivity contribution in [1.29, 1.82) is 0 Å². The van der Waals surface area contributed by atoms with Crippen LogP contribution >= 0.6 is 0 Å². The van der Waals surface area contributed by atoms with E-state index in [1.54, 1.807) is 31.4 Å². The van der Waals surface area contributed by atoms with Gasteiger partial charge in [-0.25, -0.2) is 9.86 Å². The molecule has 0 fully saturated rings. The number of nitrogens with zero attached hydrogens (tertiary/aromatic N) is 1. The maximum absolute atomic E-state index is 11.7. The summed E-state index contributed by atoms with van der Waals surface area (Å²) in [5.74, 6) is -2.73. The third-order valence-electron chi connectivity index (χ3n) is 2.43. The lowest BCUT2D eigenvalue weighted by molar-refractivity contribution is -0.173. The summed E-state index contributed by atoms with van der Waals surface area (Å²) in [4.78, 5) is 27.0. The minimum atomic E-state index is -1.58. The number of aliphatic hydroxyl groups excluding tert-OH is 1. The first-order valence-electron chi connectivity index (χ1n) is 5.60. The summed E-state index contributed by atoms with van der Waals surface area (Å²) in [5.41, 5.74) is 0.754. The van der Waals surface area contributed by atoms with Gasteiger partial charge in [0.05, 0.1) is 26.8 Å². The summed E-state index contributed by atoms with van der Waals surface area (Å²) < 4.78 is 5.01. The van der Waals surface area contributed by atoms with Crippen molar-refractivity contribution in [3.8, 4) is 5.75 Å². The molecular formula is C13H15NO6. The number of methoxy groups -OCH3 is 1. The topological polar surface area (TPSA) is 96.3 Å². The van der Waals surface area contributed by atoms with E-state index in [0.29, 0.717) is 11.8 Å². The molecule has 0 aliphatic heterocycles.